The van der Waals surface area contributed by atoms with E-state index >= 15 is 0 Å². The SMILES string of the molecule is N#S(N=S(=NS(#N)(c1ccccc1)c1ccccc1)(c1ccccc1)c1ccccc1)(c1ccccc1)c1ccccc1. The highest BCUT2D eigenvalue weighted by Gasteiger charge is 2.29. The summed E-state index contributed by atoms with van der Waals surface area (Å²) in [7, 11) is -8.87. The number of rotatable bonds is 2. The second-order valence-corrected chi connectivity index (χ2v) is 17.0. The molecule has 0 aromatic heterocycles. The molecular formula is C36H30N4S3. The van der Waals surface area contributed by atoms with Crippen LogP contribution in [0.15, 0.2) is 219 Å². The van der Waals surface area contributed by atoms with E-state index in [2.05, 4.69) is 0 Å². The second-order valence-electron chi connectivity index (χ2n) is 9.67. The molecule has 0 aliphatic heterocycles. The highest BCUT2D eigenvalue weighted by molar-refractivity contribution is 8.28. The molecule has 0 unspecified atom stereocenters. The number of nitrogens with zero attached hydrogens (tertiary/aromatic N) is 4. The molecule has 0 N–H and O–H groups in total. The summed E-state index contributed by atoms with van der Waals surface area (Å²) in [6.07, 6.45) is 0. The Morgan fingerprint density at radius 2 is 0.465 bits per heavy atom. The van der Waals surface area contributed by atoms with Crippen molar-refractivity contribution in [3.8, 4) is 0 Å². The van der Waals surface area contributed by atoms with Gasteiger partial charge in [-0.1, -0.05) is 109 Å². The van der Waals surface area contributed by atoms with Gasteiger partial charge in [-0.15, -0.1) is 0 Å². The highest BCUT2D eigenvalue weighted by Crippen LogP contribution is 2.57. The van der Waals surface area contributed by atoms with Crippen molar-refractivity contribution in [2.24, 2.45) is 7.54 Å². The number of hydrogen-bond donors (Lipinski definition) is 0. The van der Waals surface area contributed by atoms with Crippen molar-refractivity contribution in [3.05, 3.63) is 182 Å². The lowest BCUT2D eigenvalue weighted by Gasteiger charge is -2.26. The molecule has 0 aliphatic rings. The third-order valence-corrected chi connectivity index (χ3v) is 15.9. The summed E-state index contributed by atoms with van der Waals surface area (Å²) in [5, 5.41) is 0. The molecule has 0 radical (unpaired) electrons. The molecule has 4 nitrogen and oxygen atoms in total. The van der Waals surface area contributed by atoms with Gasteiger partial charge in [0.05, 0.1) is 19.7 Å². The van der Waals surface area contributed by atoms with Crippen LogP contribution in [0, 0.1) is 9.22 Å². The number of hydrogen-bond acceptors (Lipinski definition) is 4. The third-order valence-electron chi connectivity index (χ3n) is 6.86. The Morgan fingerprint density at radius 3 is 0.674 bits per heavy atom. The largest absolute Gasteiger partial charge is 0.198 e. The van der Waals surface area contributed by atoms with Gasteiger partial charge >= 0.3 is 0 Å². The minimum Gasteiger partial charge on any atom is -0.198 e. The summed E-state index contributed by atoms with van der Waals surface area (Å²) in [5.74, 6) is 0. The zero-order valence-corrected chi connectivity index (χ0v) is 25.8. The quantitative estimate of drug-likeness (QED) is 0.195. The van der Waals surface area contributed by atoms with E-state index in [4.69, 9.17) is 7.54 Å². The van der Waals surface area contributed by atoms with Gasteiger partial charge in [0.25, 0.3) is 0 Å². The molecule has 0 spiro atoms. The van der Waals surface area contributed by atoms with Crippen molar-refractivity contribution < 1.29 is 0 Å². The van der Waals surface area contributed by atoms with E-state index in [1.165, 1.54) is 0 Å². The van der Waals surface area contributed by atoms with E-state index in [0.29, 0.717) is 19.6 Å². The number of benzene rings is 6. The van der Waals surface area contributed by atoms with Crippen LogP contribution < -0.4 is 0 Å². The molecular weight excluding hydrogens is 585 g/mol. The van der Waals surface area contributed by atoms with Crippen molar-refractivity contribution >= 4 is 29.3 Å². The fourth-order valence-electron chi connectivity index (χ4n) is 4.74. The van der Waals surface area contributed by atoms with Crippen LogP contribution in [0.1, 0.15) is 0 Å². The maximum absolute atomic E-state index is 13.0. The Morgan fingerprint density at radius 1 is 0.279 bits per heavy atom. The van der Waals surface area contributed by atoms with Crippen molar-refractivity contribution in [2.45, 2.75) is 29.4 Å². The minimum absolute atomic E-state index is 0.693. The van der Waals surface area contributed by atoms with Crippen LogP contribution in [-0.2, 0) is 9.62 Å². The van der Waals surface area contributed by atoms with Gasteiger partial charge in [0.1, 0.15) is 0 Å². The van der Waals surface area contributed by atoms with Crippen molar-refractivity contribution in [1.29, 1.82) is 9.22 Å². The molecule has 212 valence electrons. The molecule has 6 aromatic carbocycles. The standard InChI is InChI=1S/C36H30N4S3/c37-41(31-19-7-1-8-20-31,32-21-9-2-10-22-32)39-43(35-27-15-5-16-28-35,36-29-17-6-18-30-36)40-42(38,33-23-11-3-12-24-33)34-25-13-4-14-26-34/h1-30H. The second kappa shape index (κ2) is 12.3. The van der Waals surface area contributed by atoms with Crippen molar-refractivity contribution in [3.63, 3.8) is 0 Å². The summed E-state index contributed by atoms with van der Waals surface area (Å²) in [4.78, 5) is 4.40. The van der Waals surface area contributed by atoms with E-state index in [1.54, 1.807) is 0 Å². The molecule has 7 heteroatoms. The Hall–Kier alpha value is -4.61. The van der Waals surface area contributed by atoms with Crippen LogP contribution in [0.3, 0.4) is 0 Å². The van der Waals surface area contributed by atoms with Crippen molar-refractivity contribution in [2.75, 3.05) is 0 Å². The lowest BCUT2D eigenvalue weighted by atomic mass is 10.4. The Balaban J connectivity index is 1.87. The Bertz CT molecular complexity index is 1920. The molecule has 0 fully saturated rings. The highest BCUT2D eigenvalue weighted by atomic mass is 32.3. The van der Waals surface area contributed by atoms with Crippen LogP contribution in [0.4, 0.5) is 0 Å². The fourth-order valence-corrected chi connectivity index (χ4v) is 14.4. The summed E-state index contributed by atoms with van der Waals surface area (Å²) >= 11 is 0. The lowest BCUT2D eigenvalue weighted by molar-refractivity contribution is 1.31. The van der Waals surface area contributed by atoms with Gasteiger partial charge < -0.3 is 0 Å². The van der Waals surface area contributed by atoms with Crippen LogP contribution in [0.2, 0.25) is 0 Å². The molecule has 6 rings (SSSR count). The minimum atomic E-state index is -3.02. The molecule has 43 heavy (non-hydrogen) atoms. The van der Waals surface area contributed by atoms with Gasteiger partial charge in [-0.25, -0.2) is 0 Å². The van der Waals surface area contributed by atoms with Crippen LogP contribution in [-0.4, -0.2) is 0 Å². The molecule has 0 atom stereocenters. The van der Waals surface area contributed by atoms with Gasteiger partial charge in [0, 0.05) is 39.0 Å². The fraction of sp³-hybridized carbons (Fsp3) is 0. The van der Waals surface area contributed by atoms with Gasteiger partial charge in [-0.2, -0.15) is 16.8 Å². The average Bonchev–Trinajstić information content (AvgIpc) is 3.10. The van der Waals surface area contributed by atoms with Gasteiger partial charge in [0.15, 0.2) is 0 Å². The lowest BCUT2D eigenvalue weighted by Crippen LogP contribution is -2.05. The first kappa shape index (κ1) is 28.5. The molecule has 0 aliphatic carbocycles. The van der Waals surface area contributed by atoms with Crippen LogP contribution in [0.25, 0.3) is 0 Å². The van der Waals surface area contributed by atoms with E-state index in [0.717, 1.165) is 9.79 Å². The topological polar surface area (TPSA) is 72.3 Å². The third kappa shape index (κ3) is 5.61. The van der Waals surface area contributed by atoms with Crippen LogP contribution >= 0.6 is 19.7 Å². The van der Waals surface area contributed by atoms with E-state index < -0.39 is 29.3 Å². The zero-order valence-electron chi connectivity index (χ0n) is 23.3. The van der Waals surface area contributed by atoms with Gasteiger partial charge in [-0.3, -0.25) is 0 Å². The Labute approximate surface area is 256 Å². The molecule has 0 amide bonds. The maximum atomic E-state index is 13.0. The summed E-state index contributed by atoms with van der Waals surface area (Å²) in [6, 6.07) is 58.2. The average molecular weight is 615 g/mol. The predicted octanol–water partition coefficient (Wildman–Crippen LogP) is 11.3. The summed E-state index contributed by atoms with van der Waals surface area (Å²) < 4.78 is 37.1. The molecule has 0 saturated carbocycles. The first-order chi connectivity index (χ1) is 21.0. The summed E-state index contributed by atoms with van der Waals surface area (Å²) in [5.41, 5.74) is 0. The van der Waals surface area contributed by atoms with E-state index in [1.807, 2.05) is 182 Å². The monoisotopic (exact) mass is 614 g/mol. The van der Waals surface area contributed by atoms with E-state index in [9.17, 15) is 9.22 Å². The van der Waals surface area contributed by atoms with Crippen LogP contribution in [0.5, 0.6) is 0 Å². The first-order valence-electron chi connectivity index (χ1n) is 13.8. The van der Waals surface area contributed by atoms with Crippen molar-refractivity contribution in [1.82, 2.24) is 0 Å². The zero-order chi connectivity index (χ0) is 29.6. The van der Waals surface area contributed by atoms with E-state index in [-0.39, 0.29) is 0 Å². The molecule has 6 aromatic rings. The summed E-state index contributed by atoms with van der Waals surface area (Å²) in [6.45, 7) is 0. The maximum Gasteiger partial charge on any atom is 0.0927 e. The van der Waals surface area contributed by atoms with Gasteiger partial charge in [0.2, 0.25) is 0 Å². The molecule has 0 heterocycles. The predicted molar refractivity (Wildman–Crippen MR) is 179 cm³/mol. The Kier molecular flexibility index (Phi) is 8.17. The first-order valence-corrected chi connectivity index (χ1v) is 18.4. The smallest absolute Gasteiger partial charge is 0.0927 e. The van der Waals surface area contributed by atoms with Gasteiger partial charge in [-0.05, 0) is 72.8 Å². The normalized spacial score (nSPS) is 11.9. The molecule has 0 saturated heterocycles. The molecule has 0 bridgehead atoms.